The van der Waals surface area contributed by atoms with Crippen molar-refractivity contribution in [3.63, 3.8) is 0 Å². The largest absolute Gasteiger partial charge is 0.310 e. The van der Waals surface area contributed by atoms with Gasteiger partial charge in [0.15, 0.2) is 0 Å². The second-order valence-electron chi connectivity index (χ2n) is 6.33. The number of hydrogen-bond acceptors (Lipinski definition) is 3. The lowest BCUT2D eigenvalue weighted by Crippen LogP contribution is -2.26. The van der Waals surface area contributed by atoms with Crippen LogP contribution in [0.4, 0.5) is 5.69 Å². The Hall–Kier alpha value is -1.07. The van der Waals surface area contributed by atoms with E-state index in [2.05, 4.69) is 17.0 Å². The second kappa shape index (κ2) is 6.59. The molecule has 1 unspecified atom stereocenters. The molecule has 1 rings (SSSR count). The molecule has 0 aliphatic carbocycles. The van der Waals surface area contributed by atoms with Crippen molar-refractivity contribution in [2.45, 2.75) is 40.7 Å². The molecule has 0 saturated carbocycles. The van der Waals surface area contributed by atoms with E-state index in [1.807, 2.05) is 45.9 Å². The molecule has 0 radical (unpaired) electrons. The van der Waals surface area contributed by atoms with Crippen LogP contribution in [-0.4, -0.2) is 20.7 Å². The quantitative estimate of drug-likeness (QED) is 0.848. The maximum absolute atomic E-state index is 12.1. The zero-order valence-corrected chi connectivity index (χ0v) is 13.8. The Labute approximate surface area is 123 Å². The molecule has 0 bridgehead atoms. The molecule has 0 spiro atoms. The summed E-state index contributed by atoms with van der Waals surface area (Å²) in [4.78, 5) is 0. The fraction of sp³-hybridized carbons (Fsp3) is 0.600. The van der Waals surface area contributed by atoms with Gasteiger partial charge in [-0.3, -0.25) is 4.72 Å². The van der Waals surface area contributed by atoms with Crippen molar-refractivity contribution in [2.75, 3.05) is 17.0 Å². The number of hydrogen-bond donors (Lipinski definition) is 2. The maximum Gasteiger partial charge on any atom is 0.233 e. The minimum Gasteiger partial charge on any atom is -0.310 e. The topological polar surface area (TPSA) is 58.2 Å². The van der Waals surface area contributed by atoms with Crippen molar-refractivity contribution in [2.24, 2.45) is 5.41 Å². The molecule has 20 heavy (non-hydrogen) atoms. The van der Waals surface area contributed by atoms with E-state index in [0.29, 0.717) is 5.69 Å². The Morgan fingerprint density at radius 1 is 1.25 bits per heavy atom. The molecule has 0 fully saturated rings. The van der Waals surface area contributed by atoms with Gasteiger partial charge in [-0.05, 0) is 36.6 Å². The van der Waals surface area contributed by atoms with Gasteiger partial charge in [0.05, 0.1) is 5.75 Å². The number of rotatable bonds is 6. The first kappa shape index (κ1) is 17.0. The van der Waals surface area contributed by atoms with Crippen LogP contribution in [0.25, 0.3) is 0 Å². The van der Waals surface area contributed by atoms with Crippen molar-refractivity contribution in [3.05, 3.63) is 29.8 Å². The van der Waals surface area contributed by atoms with Crippen molar-refractivity contribution in [1.82, 2.24) is 5.32 Å². The van der Waals surface area contributed by atoms with Crippen LogP contribution in [0.15, 0.2) is 24.3 Å². The second-order valence-corrected chi connectivity index (χ2v) is 8.05. The molecular weight excluding hydrogens is 272 g/mol. The molecule has 0 aliphatic rings. The SMILES string of the molecule is CCNC(C)c1cccc(NS(=O)(=O)CC(C)(C)C)c1. The molecule has 1 atom stereocenters. The van der Waals surface area contributed by atoms with E-state index in [4.69, 9.17) is 0 Å². The van der Waals surface area contributed by atoms with Gasteiger partial charge in [-0.1, -0.05) is 39.8 Å². The third-order valence-corrected chi connectivity index (χ3v) is 4.59. The minimum atomic E-state index is -3.32. The zero-order valence-electron chi connectivity index (χ0n) is 13.0. The average molecular weight is 298 g/mol. The molecule has 4 nitrogen and oxygen atoms in total. The molecule has 5 heteroatoms. The number of sulfonamides is 1. The lowest BCUT2D eigenvalue weighted by molar-refractivity contribution is 0.463. The summed E-state index contributed by atoms with van der Waals surface area (Å²) in [6.07, 6.45) is 0. The summed E-state index contributed by atoms with van der Waals surface area (Å²) in [6, 6.07) is 7.73. The lowest BCUT2D eigenvalue weighted by Gasteiger charge is -2.19. The summed E-state index contributed by atoms with van der Waals surface area (Å²) >= 11 is 0. The third-order valence-electron chi connectivity index (χ3n) is 2.79. The summed E-state index contributed by atoms with van der Waals surface area (Å²) in [5, 5.41) is 3.31. The highest BCUT2D eigenvalue weighted by Gasteiger charge is 2.21. The normalized spacial score (nSPS) is 14.1. The Kier molecular flexibility index (Phi) is 5.59. The molecule has 0 aliphatic heterocycles. The van der Waals surface area contributed by atoms with Crippen LogP contribution in [-0.2, 0) is 10.0 Å². The smallest absolute Gasteiger partial charge is 0.233 e. The first-order valence-electron chi connectivity index (χ1n) is 6.97. The van der Waals surface area contributed by atoms with E-state index in [1.54, 1.807) is 6.07 Å². The fourth-order valence-electron chi connectivity index (χ4n) is 2.08. The van der Waals surface area contributed by atoms with Crippen molar-refractivity contribution in [1.29, 1.82) is 0 Å². The molecule has 0 amide bonds. The van der Waals surface area contributed by atoms with Crippen molar-refractivity contribution in [3.8, 4) is 0 Å². The Balaban J connectivity index is 2.86. The van der Waals surface area contributed by atoms with Gasteiger partial charge in [0.1, 0.15) is 0 Å². The van der Waals surface area contributed by atoms with E-state index >= 15 is 0 Å². The van der Waals surface area contributed by atoms with Gasteiger partial charge in [0.25, 0.3) is 0 Å². The van der Waals surface area contributed by atoms with Gasteiger partial charge in [-0.15, -0.1) is 0 Å². The molecule has 1 aromatic rings. The summed E-state index contributed by atoms with van der Waals surface area (Å²) in [5.41, 5.74) is 1.43. The summed E-state index contributed by atoms with van der Waals surface area (Å²) in [6.45, 7) is 10.7. The fourth-order valence-corrected chi connectivity index (χ4v) is 3.78. The molecule has 2 N–H and O–H groups in total. The van der Waals surface area contributed by atoms with Gasteiger partial charge >= 0.3 is 0 Å². The van der Waals surface area contributed by atoms with Gasteiger partial charge in [-0.2, -0.15) is 0 Å². The number of nitrogens with one attached hydrogen (secondary N) is 2. The number of anilines is 1. The minimum absolute atomic E-state index is 0.104. The van der Waals surface area contributed by atoms with Gasteiger partial charge < -0.3 is 5.32 Å². The number of benzene rings is 1. The maximum atomic E-state index is 12.1. The molecular formula is C15H26N2O2S. The molecule has 0 saturated heterocycles. The predicted molar refractivity (Wildman–Crippen MR) is 85.4 cm³/mol. The highest BCUT2D eigenvalue weighted by atomic mass is 32.2. The van der Waals surface area contributed by atoms with Crippen LogP contribution in [0.3, 0.4) is 0 Å². The molecule has 0 aromatic heterocycles. The van der Waals surface area contributed by atoms with Crippen molar-refractivity contribution < 1.29 is 8.42 Å². The van der Waals surface area contributed by atoms with Crippen molar-refractivity contribution >= 4 is 15.7 Å². The van der Waals surface area contributed by atoms with Gasteiger partial charge in [-0.25, -0.2) is 8.42 Å². The zero-order chi connectivity index (χ0) is 15.4. The summed E-state index contributed by atoms with van der Waals surface area (Å²) in [7, 11) is -3.32. The summed E-state index contributed by atoms with van der Waals surface area (Å²) in [5.74, 6) is 0.104. The van der Waals surface area contributed by atoms with Crippen LogP contribution in [0, 0.1) is 5.41 Å². The molecule has 0 heterocycles. The molecule has 114 valence electrons. The van der Waals surface area contributed by atoms with Crippen LogP contribution >= 0.6 is 0 Å². The van der Waals surface area contributed by atoms with Gasteiger partial charge in [0, 0.05) is 11.7 Å². The van der Waals surface area contributed by atoms with E-state index in [9.17, 15) is 8.42 Å². The Morgan fingerprint density at radius 2 is 1.90 bits per heavy atom. The highest BCUT2D eigenvalue weighted by Crippen LogP contribution is 2.21. The van der Waals surface area contributed by atoms with Crippen LogP contribution in [0.1, 0.15) is 46.2 Å². The van der Waals surface area contributed by atoms with E-state index < -0.39 is 10.0 Å². The lowest BCUT2D eigenvalue weighted by atomic mass is 10.0. The van der Waals surface area contributed by atoms with E-state index in [1.165, 1.54) is 0 Å². The van der Waals surface area contributed by atoms with E-state index in [0.717, 1.165) is 12.1 Å². The third kappa shape index (κ3) is 5.92. The van der Waals surface area contributed by atoms with E-state index in [-0.39, 0.29) is 17.2 Å². The first-order chi connectivity index (χ1) is 9.13. The average Bonchev–Trinajstić information content (AvgIpc) is 2.25. The summed E-state index contributed by atoms with van der Waals surface area (Å²) < 4.78 is 26.8. The van der Waals surface area contributed by atoms with Gasteiger partial charge in [0.2, 0.25) is 10.0 Å². The highest BCUT2D eigenvalue weighted by molar-refractivity contribution is 7.92. The van der Waals surface area contributed by atoms with Crippen LogP contribution in [0.2, 0.25) is 0 Å². The Morgan fingerprint density at radius 3 is 2.45 bits per heavy atom. The van der Waals surface area contributed by atoms with Crippen LogP contribution < -0.4 is 10.0 Å². The van der Waals surface area contributed by atoms with Crippen LogP contribution in [0.5, 0.6) is 0 Å². The molecule has 1 aromatic carbocycles. The Bertz CT molecular complexity index is 533. The predicted octanol–water partition coefficient (Wildman–Crippen LogP) is 3.14. The standard InChI is InChI=1S/C15H26N2O2S/c1-6-16-12(2)13-8-7-9-14(10-13)17-20(18,19)11-15(3,4)5/h7-10,12,16-17H,6,11H2,1-5H3. The monoisotopic (exact) mass is 298 g/mol. The first-order valence-corrected chi connectivity index (χ1v) is 8.62.